The molecule has 1 rings (SSSR count). The second kappa shape index (κ2) is 4.36. The first kappa shape index (κ1) is 10.9. The van der Waals surface area contributed by atoms with Crippen LogP contribution in [-0.2, 0) is 0 Å². The highest BCUT2D eigenvalue weighted by molar-refractivity contribution is 8.14. The zero-order valence-electron chi connectivity index (χ0n) is 9.05. The summed E-state index contributed by atoms with van der Waals surface area (Å²) in [5, 5.41) is 4.65. The Kier molecular flexibility index (Phi) is 3.65. The Labute approximate surface area is 85.6 Å². The maximum absolute atomic E-state index is 4.49. The zero-order chi connectivity index (χ0) is 9.90. The van der Waals surface area contributed by atoms with Gasteiger partial charge in [-0.05, 0) is 19.3 Å². The summed E-state index contributed by atoms with van der Waals surface area (Å²) in [7, 11) is 0. The van der Waals surface area contributed by atoms with Crippen LogP contribution in [0.1, 0.15) is 34.1 Å². The maximum atomic E-state index is 4.49. The number of nitrogens with zero attached hydrogens (tertiary/aromatic N) is 1. The maximum Gasteiger partial charge on any atom is 0.157 e. The number of aliphatic imine (C=N–C) groups is 1. The van der Waals surface area contributed by atoms with Crippen molar-refractivity contribution in [3.63, 3.8) is 0 Å². The van der Waals surface area contributed by atoms with Crippen molar-refractivity contribution in [2.45, 2.75) is 39.7 Å². The number of nitrogens with one attached hydrogen (secondary N) is 1. The second-order valence-electron chi connectivity index (χ2n) is 4.17. The lowest BCUT2D eigenvalue weighted by Gasteiger charge is -2.28. The van der Waals surface area contributed by atoms with Gasteiger partial charge in [0.1, 0.15) is 0 Å². The Morgan fingerprint density at radius 1 is 1.62 bits per heavy atom. The molecule has 76 valence electrons. The van der Waals surface area contributed by atoms with Gasteiger partial charge in [-0.3, -0.25) is 4.99 Å². The third-order valence-electron chi connectivity index (χ3n) is 2.65. The summed E-state index contributed by atoms with van der Waals surface area (Å²) in [4.78, 5) is 4.49. The first-order valence-electron chi connectivity index (χ1n) is 5.04. The standard InChI is InChI=1S/C10H20N2S/c1-5-6-11-9-12-10(4,7-13-9)8(2)3/h8H,5-7H2,1-4H3,(H,11,12). The third kappa shape index (κ3) is 2.63. The van der Waals surface area contributed by atoms with Gasteiger partial charge in [0.25, 0.3) is 0 Å². The highest BCUT2D eigenvalue weighted by Gasteiger charge is 2.35. The van der Waals surface area contributed by atoms with Crippen LogP contribution < -0.4 is 5.32 Å². The smallest absolute Gasteiger partial charge is 0.157 e. The van der Waals surface area contributed by atoms with Crippen molar-refractivity contribution < 1.29 is 0 Å². The Bertz CT molecular complexity index is 201. The van der Waals surface area contributed by atoms with Crippen molar-refractivity contribution in [1.29, 1.82) is 0 Å². The summed E-state index contributed by atoms with van der Waals surface area (Å²) in [6.45, 7) is 9.90. The van der Waals surface area contributed by atoms with Crippen molar-refractivity contribution in [3.8, 4) is 0 Å². The lowest BCUT2D eigenvalue weighted by Crippen LogP contribution is -2.45. The molecule has 2 nitrogen and oxygen atoms in total. The number of hydrogen-bond acceptors (Lipinski definition) is 2. The van der Waals surface area contributed by atoms with E-state index in [1.807, 2.05) is 11.8 Å². The molecule has 1 atom stereocenters. The van der Waals surface area contributed by atoms with Crippen LogP contribution >= 0.6 is 11.8 Å². The molecule has 0 radical (unpaired) electrons. The summed E-state index contributed by atoms with van der Waals surface area (Å²) in [6.07, 6.45) is 1.13. The topological polar surface area (TPSA) is 24.4 Å². The van der Waals surface area contributed by atoms with E-state index in [9.17, 15) is 0 Å². The van der Waals surface area contributed by atoms with Crippen LogP contribution in [0.25, 0.3) is 0 Å². The van der Waals surface area contributed by atoms with Gasteiger partial charge in [0.15, 0.2) is 5.17 Å². The molecule has 0 aromatic rings. The minimum absolute atomic E-state index is 0.247. The van der Waals surface area contributed by atoms with Crippen LogP contribution in [-0.4, -0.2) is 23.0 Å². The van der Waals surface area contributed by atoms with Crippen LogP contribution in [0.15, 0.2) is 4.99 Å². The molecule has 3 heteroatoms. The molecule has 1 aliphatic rings. The fourth-order valence-corrected chi connectivity index (χ4v) is 2.47. The molecule has 0 spiro atoms. The monoisotopic (exact) mass is 200 g/mol. The van der Waals surface area contributed by atoms with Crippen molar-refractivity contribution >= 4 is 16.9 Å². The summed E-state index contributed by atoms with van der Waals surface area (Å²) in [5.41, 5.74) is 0.247. The number of amidine groups is 1. The molecule has 1 N–H and O–H groups in total. The molecular formula is C10H20N2S. The van der Waals surface area contributed by atoms with E-state index in [-0.39, 0.29) is 5.54 Å². The molecule has 0 aliphatic carbocycles. The van der Waals surface area contributed by atoms with Crippen molar-refractivity contribution in [2.24, 2.45) is 10.9 Å². The van der Waals surface area contributed by atoms with E-state index in [0.29, 0.717) is 5.92 Å². The van der Waals surface area contributed by atoms with E-state index in [4.69, 9.17) is 0 Å². The normalized spacial score (nSPS) is 31.3. The fourth-order valence-electron chi connectivity index (χ4n) is 1.14. The first-order valence-corrected chi connectivity index (χ1v) is 6.02. The van der Waals surface area contributed by atoms with Gasteiger partial charge in [-0.25, -0.2) is 0 Å². The average molecular weight is 200 g/mol. The van der Waals surface area contributed by atoms with E-state index >= 15 is 0 Å². The van der Waals surface area contributed by atoms with E-state index in [2.05, 4.69) is 38.0 Å². The predicted octanol–water partition coefficient (Wildman–Crippen LogP) is 2.50. The molecule has 1 unspecified atom stereocenters. The van der Waals surface area contributed by atoms with Crippen LogP contribution in [0.4, 0.5) is 0 Å². The largest absolute Gasteiger partial charge is 0.359 e. The van der Waals surface area contributed by atoms with Gasteiger partial charge in [0.05, 0.1) is 0 Å². The van der Waals surface area contributed by atoms with Gasteiger partial charge in [-0.2, -0.15) is 0 Å². The van der Waals surface area contributed by atoms with Crippen molar-refractivity contribution in [3.05, 3.63) is 0 Å². The quantitative estimate of drug-likeness (QED) is 0.757. The lowest BCUT2D eigenvalue weighted by atomic mass is 9.91. The SMILES string of the molecule is CCCN=C1NC(C)(C(C)C)CS1. The average Bonchev–Trinajstić information content (AvgIpc) is 2.45. The lowest BCUT2D eigenvalue weighted by molar-refractivity contribution is 0.349. The zero-order valence-corrected chi connectivity index (χ0v) is 9.87. The summed E-state index contributed by atoms with van der Waals surface area (Å²) in [5.74, 6) is 1.81. The molecule has 1 saturated heterocycles. The molecule has 1 heterocycles. The van der Waals surface area contributed by atoms with Crippen LogP contribution in [0.3, 0.4) is 0 Å². The fraction of sp³-hybridized carbons (Fsp3) is 0.900. The Morgan fingerprint density at radius 2 is 2.31 bits per heavy atom. The molecule has 13 heavy (non-hydrogen) atoms. The number of rotatable bonds is 3. The van der Waals surface area contributed by atoms with E-state index in [1.165, 1.54) is 0 Å². The molecule has 0 amide bonds. The predicted molar refractivity (Wildman–Crippen MR) is 61.4 cm³/mol. The highest BCUT2D eigenvalue weighted by Crippen LogP contribution is 2.29. The van der Waals surface area contributed by atoms with E-state index in [0.717, 1.165) is 23.9 Å². The van der Waals surface area contributed by atoms with Crippen LogP contribution in [0.5, 0.6) is 0 Å². The van der Waals surface area contributed by atoms with Gasteiger partial charge in [0, 0.05) is 17.8 Å². The summed E-state index contributed by atoms with van der Waals surface area (Å²) in [6, 6.07) is 0. The molecule has 0 bridgehead atoms. The minimum atomic E-state index is 0.247. The molecule has 0 saturated carbocycles. The Balaban J connectivity index is 2.53. The first-order chi connectivity index (χ1) is 6.08. The minimum Gasteiger partial charge on any atom is -0.359 e. The molecular weight excluding hydrogens is 180 g/mol. The summed E-state index contributed by atoms with van der Waals surface area (Å²) < 4.78 is 0. The summed E-state index contributed by atoms with van der Waals surface area (Å²) >= 11 is 1.86. The Morgan fingerprint density at radius 3 is 2.77 bits per heavy atom. The molecule has 0 aromatic carbocycles. The van der Waals surface area contributed by atoms with E-state index < -0.39 is 0 Å². The third-order valence-corrected chi connectivity index (χ3v) is 3.90. The van der Waals surface area contributed by atoms with E-state index in [1.54, 1.807) is 0 Å². The molecule has 0 aromatic heterocycles. The highest BCUT2D eigenvalue weighted by atomic mass is 32.2. The number of hydrogen-bond donors (Lipinski definition) is 1. The molecule has 1 aliphatic heterocycles. The van der Waals surface area contributed by atoms with Crippen LogP contribution in [0.2, 0.25) is 0 Å². The van der Waals surface area contributed by atoms with Crippen molar-refractivity contribution in [2.75, 3.05) is 12.3 Å². The van der Waals surface area contributed by atoms with Gasteiger partial charge in [-0.1, -0.05) is 32.5 Å². The van der Waals surface area contributed by atoms with Gasteiger partial charge >= 0.3 is 0 Å². The van der Waals surface area contributed by atoms with Gasteiger partial charge in [0.2, 0.25) is 0 Å². The van der Waals surface area contributed by atoms with Gasteiger partial charge < -0.3 is 5.32 Å². The van der Waals surface area contributed by atoms with Crippen molar-refractivity contribution in [1.82, 2.24) is 5.32 Å². The molecule has 1 fully saturated rings. The Hall–Kier alpha value is -0.180. The van der Waals surface area contributed by atoms with Crippen LogP contribution in [0, 0.1) is 5.92 Å². The number of thioether (sulfide) groups is 1. The van der Waals surface area contributed by atoms with Gasteiger partial charge in [-0.15, -0.1) is 0 Å². The second-order valence-corrected chi connectivity index (χ2v) is 5.14.